The average Bonchev–Trinajstić information content (AvgIpc) is 3.22. The van der Waals surface area contributed by atoms with E-state index >= 15 is 0 Å². The third-order valence-electron chi connectivity index (χ3n) is 3.70. The first-order valence-electron chi connectivity index (χ1n) is 7.55. The molecule has 0 unspecified atom stereocenters. The monoisotopic (exact) mass is 343 g/mol. The van der Waals surface area contributed by atoms with Gasteiger partial charge in [-0.05, 0) is 13.8 Å². The number of rotatable bonds is 5. The Morgan fingerprint density at radius 2 is 2.16 bits per heavy atom. The molecule has 130 valence electrons. The Hall–Kier alpha value is -3.30. The second kappa shape index (κ2) is 6.67. The van der Waals surface area contributed by atoms with E-state index in [-0.39, 0.29) is 30.4 Å². The Morgan fingerprint density at radius 1 is 1.36 bits per heavy atom. The summed E-state index contributed by atoms with van der Waals surface area (Å²) in [4.78, 5) is 32.3. The van der Waals surface area contributed by atoms with Gasteiger partial charge in [0.1, 0.15) is 6.54 Å². The smallest absolute Gasteiger partial charge is 0.256 e. The van der Waals surface area contributed by atoms with Crippen molar-refractivity contribution in [2.45, 2.75) is 26.9 Å². The maximum Gasteiger partial charge on any atom is 0.256 e. The fourth-order valence-corrected chi connectivity index (χ4v) is 2.15. The fraction of sp³-hybridized carbons (Fsp3) is 0.333. The quantitative estimate of drug-likeness (QED) is 0.690. The maximum atomic E-state index is 12.1. The van der Waals surface area contributed by atoms with Crippen LogP contribution in [0.25, 0.3) is 11.4 Å². The number of carbonyl (C=O) groups is 1. The van der Waals surface area contributed by atoms with Gasteiger partial charge in [0.15, 0.2) is 0 Å². The van der Waals surface area contributed by atoms with Crippen molar-refractivity contribution >= 4 is 5.91 Å². The fourth-order valence-electron chi connectivity index (χ4n) is 2.15. The second-order valence-corrected chi connectivity index (χ2v) is 5.58. The van der Waals surface area contributed by atoms with E-state index in [1.165, 1.54) is 10.9 Å². The van der Waals surface area contributed by atoms with E-state index in [4.69, 9.17) is 4.52 Å². The van der Waals surface area contributed by atoms with Crippen molar-refractivity contribution in [3.8, 4) is 11.4 Å². The van der Waals surface area contributed by atoms with E-state index in [0.29, 0.717) is 17.1 Å². The molecule has 1 amide bonds. The first kappa shape index (κ1) is 16.6. The number of amides is 1. The Labute approximate surface area is 142 Å². The van der Waals surface area contributed by atoms with Crippen LogP contribution < -0.4 is 10.9 Å². The lowest BCUT2D eigenvalue weighted by Crippen LogP contribution is -2.33. The van der Waals surface area contributed by atoms with E-state index < -0.39 is 0 Å². The van der Waals surface area contributed by atoms with Crippen molar-refractivity contribution in [3.63, 3.8) is 0 Å². The number of hydrogen-bond acceptors (Lipinski definition) is 7. The van der Waals surface area contributed by atoms with Crippen molar-refractivity contribution in [1.29, 1.82) is 0 Å². The largest absolute Gasteiger partial charge is 0.345 e. The highest BCUT2D eigenvalue weighted by molar-refractivity contribution is 5.75. The van der Waals surface area contributed by atoms with E-state index in [9.17, 15) is 9.59 Å². The molecule has 0 aliphatic heterocycles. The van der Waals surface area contributed by atoms with Crippen LogP contribution in [0.3, 0.4) is 0 Å². The van der Waals surface area contributed by atoms with Crippen LogP contribution >= 0.6 is 0 Å². The third kappa shape index (κ3) is 3.62. The van der Waals surface area contributed by atoms with Gasteiger partial charge in [0, 0.05) is 24.5 Å². The molecular weight excluding hydrogens is 326 g/mol. The average molecular weight is 343 g/mol. The van der Waals surface area contributed by atoms with Gasteiger partial charge in [-0.15, -0.1) is 0 Å². The van der Waals surface area contributed by atoms with Crippen LogP contribution in [0.1, 0.15) is 17.1 Å². The summed E-state index contributed by atoms with van der Waals surface area (Å²) in [5.74, 6) is 0.304. The zero-order valence-corrected chi connectivity index (χ0v) is 14.1. The predicted octanol–water partition coefficient (Wildman–Crippen LogP) is -0.0400. The first-order chi connectivity index (χ1) is 11.9. The lowest BCUT2D eigenvalue weighted by atomic mass is 10.3. The maximum absolute atomic E-state index is 12.1. The molecule has 10 heteroatoms. The minimum atomic E-state index is -0.353. The van der Waals surface area contributed by atoms with Gasteiger partial charge in [-0.1, -0.05) is 5.16 Å². The molecule has 0 aliphatic carbocycles. The van der Waals surface area contributed by atoms with Gasteiger partial charge in [-0.3, -0.25) is 18.8 Å². The van der Waals surface area contributed by atoms with Crippen LogP contribution in [-0.4, -0.2) is 35.4 Å². The SMILES string of the molecule is Cc1ncn(CC(=O)NCc2nc(-c3cnn(C)c3)no2)c(=O)c1C. The molecule has 0 fully saturated rings. The highest BCUT2D eigenvalue weighted by Gasteiger charge is 2.12. The topological polar surface area (TPSA) is 121 Å². The molecular formula is C15H17N7O3. The lowest BCUT2D eigenvalue weighted by Gasteiger charge is -2.07. The number of aryl methyl sites for hydroxylation is 2. The van der Waals surface area contributed by atoms with Gasteiger partial charge in [0.25, 0.3) is 5.56 Å². The lowest BCUT2D eigenvalue weighted by molar-refractivity contribution is -0.122. The summed E-state index contributed by atoms with van der Waals surface area (Å²) in [6.07, 6.45) is 4.73. The predicted molar refractivity (Wildman–Crippen MR) is 86.3 cm³/mol. The third-order valence-corrected chi connectivity index (χ3v) is 3.70. The van der Waals surface area contributed by atoms with Gasteiger partial charge < -0.3 is 9.84 Å². The minimum absolute atomic E-state index is 0.0686. The Bertz CT molecular complexity index is 970. The van der Waals surface area contributed by atoms with Crippen molar-refractivity contribution in [2.75, 3.05) is 0 Å². The van der Waals surface area contributed by atoms with E-state index in [1.807, 2.05) is 0 Å². The second-order valence-electron chi connectivity index (χ2n) is 5.58. The molecule has 0 saturated heterocycles. The molecule has 0 saturated carbocycles. The number of hydrogen-bond donors (Lipinski definition) is 1. The molecule has 3 heterocycles. The molecule has 1 N–H and O–H groups in total. The van der Waals surface area contributed by atoms with Crippen LogP contribution in [0, 0.1) is 13.8 Å². The van der Waals surface area contributed by atoms with E-state index in [0.717, 1.165) is 5.56 Å². The minimum Gasteiger partial charge on any atom is -0.345 e. The van der Waals surface area contributed by atoms with Gasteiger partial charge >= 0.3 is 0 Å². The first-order valence-corrected chi connectivity index (χ1v) is 7.55. The molecule has 0 aromatic carbocycles. The van der Waals surface area contributed by atoms with Crippen molar-refractivity contribution < 1.29 is 9.32 Å². The van der Waals surface area contributed by atoms with Crippen molar-refractivity contribution in [2.24, 2.45) is 7.05 Å². The van der Waals surface area contributed by atoms with E-state index in [2.05, 4.69) is 25.5 Å². The molecule has 3 rings (SSSR count). The Morgan fingerprint density at radius 3 is 2.88 bits per heavy atom. The van der Waals surface area contributed by atoms with Crippen molar-refractivity contribution in [3.05, 3.63) is 46.2 Å². The molecule has 0 bridgehead atoms. The van der Waals surface area contributed by atoms with Gasteiger partial charge in [-0.2, -0.15) is 10.1 Å². The number of carbonyl (C=O) groups excluding carboxylic acids is 1. The normalized spacial score (nSPS) is 10.8. The number of nitrogens with zero attached hydrogens (tertiary/aromatic N) is 6. The van der Waals surface area contributed by atoms with E-state index in [1.54, 1.807) is 38.0 Å². The highest BCUT2D eigenvalue weighted by atomic mass is 16.5. The number of aromatic nitrogens is 6. The van der Waals surface area contributed by atoms with Gasteiger partial charge in [0.05, 0.1) is 24.6 Å². The molecule has 25 heavy (non-hydrogen) atoms. The molecule has 0 atom stereocenters. The van der Waals surface area contributed by atoms with Crippen LogP contribution in [0.4, 0.5) is 0 Å². The van der Waals surface area contributed by atoms with Crippen LogP contribution in [0.2, 0.25) is 0 Å². The van der Waals surface area contributed by atoms with Crippen LogP contribution in [0.5, 0.6) is 0 Å². The molecule has 0 radical (unpaired) electrons. The zero-order valence-electron chi connectivity index (χ0n) is 14.1. The summed E-state index contributed by atoms with van der Waals surface area (Å²) in [6.45, 7) is 3.36. The van der Waals surface area contributed by atoms with Crippen LogP contribution in [0.15, 0.2) is 28.0 Å². The Balaban J connectivity index is 1.61. The highest BCUT2D eigenvalue weighted by Crippen LogP contribution is 2.13. The summed E-state index contributed by atoms with van der Waals surface area (Å²) >= 11 is 0. The Kier molecular flexibility index (Phi) is 4.42. The summed E-state index contributed by atoms with van der Waals surface area (Å²) in [6, 6.07) is 0. The molecule has 3 aromatic rings. The van der Waals surface area contributed by atoms with Crippen LogP contribution in [-0.2, 0) is 24.9 Å². The summed E-state index contributed by atoms with van der Waals surface area (Å²) < 4.78 is 7.98. The summed E-state index contributed by atoms with van der Waals surface area (Å²) in [5.41, 5.74) is 1.65. The zero-order chi connectivity index (χ0) is 18.0. The number of nitrogens with one attached hydrogen (secondary N) is 1. The van der Waals surface area contributed by atoms with Gasteiger partial charge in [-0.25, -0.2) is 4.98 Å². The summed E-state index contributed by atoms with van der Waals surface area (Å²) in [5, 5.41) is 10.5. The molecule has 3 aromatic heterocycles. The molecule has 10 nitrogen and oxygen atoms in total. The standard InChI is InChI=1S/C15H17N7O3/c1-9-10(2)17-8-22(15(9)24)7-12(23)16-5-13-19-14(20-25-13)11-4-18-21(3)6-11/h4,6,8H,5,7H2,1-3H3,(H,16,23). The summed E-state index contributed by atoms with van der Waals surface area (Å²) in [7, 11) is 1.79. The molecule has 0 aliphatic rings. The van der Waals surface area contributed by atoms with Crippen molar-refractivity contribution in [1.82, 2.24) is 34.8 Å². The molecule has 0 spiro atoms. The van der Waals surface area contributed by atoms with Gasteiger partial charge in [0.2, 0.25) is 17.6 Å².